The van der Waals surface area contributed by atoms with E-state index < -0.39 is 0 Å². The summed E-state index contributed by atoms with van der Waals surface area (Å²) in [5.41, 5.74) is 0. The number of rotatable bonds is 2. The Morgan fingerprint density at radius 3 is 2.80 bits per heavy atom. The van der Waals surface area contributed by atoms with Crippen LogP contribution in [0.3, 0.4) is 0 Å². The van der Waals surface area contributed by atoms with E-state index in [0.717, 1.165) is 5.75 Å². The number of ether oxygens (including phenoxy) is 1. The van der Waals surface area contributed by atoms with E-state index in [0.29, 0.717) is 6.61 Å². The van der Waals surface area contributed by atoms with Crippen LogP contribution in [0.2, 0.25) is 0 Å². The monoisotopic (exact) mass is 161 g/mol. The van der Waals surface area contributed by atoms with Gasteiger partial charge in [0.25, 0.3) is 0 Å². The number of hydrogen-bond acceptors (Lipinski definition) is 1. The topological polar surface area (TPSA) is 9.23 Å². The average Bonchev–Trinajstić information content (AvgIpc) is 1.91. The van der Waals surface area contributed by atoms with Crippen LogP contribution in [0.1, 0.15) is 6.92 Å². The number of benzene rings is 1. The van der Waals surface area contributed by atoms with Gasteiger partial charge in [-0.3, -0.25) is 0 Å². The standard InChI is InChI=1S/C8H9O.K.H/c1-2-9-8-6-4-3-5-7-8;;/h3-6H,2H2,1H3;;. The first-order valence-electron chi connectivity index (χ1n) is 3.03. The third-order valence-electron chi connectivity index (χ3n) is 0.980. The quantitative estimate of drug-likeness (QED) is 0.593. The summed E-state index contributed by atoms with van der Waals surface area (Å²) >= 11 is 0. The van der Waals surface area contributed by atoms with Crippen molar-refractivity contribution in [2.75, 3.05) is 6.61 Å². The second kappa shape index (κ2) is 6.37. The first-order chi connectivity index (χ1) is 4.43. The Balaban J connectivity index is 0.000000810. The van der Waals surface area contributed by atoms with Crippen LogP contribution in [0.15, 0.2) is 24.3 Å². The van der Waals surface area contributed by atoms with Gasteiger partial charge in [-0.25, -0.2) is 0 Å². The van der Waals surface area contributed by atoms with Gasteiger partial charge in [-0.1, -0.05) is 18.2 Å². The third kappa shape index (κ3) is 3.73. The molecule has 2 heteroatoms. The molecule has 0 spiro atoms. The van der Waals surface area contributed by atoms with Crippen LogP contribution in [0.4, 0.5) is 0 Å². The summed E-state index contributed by atoms with van der Waals surface area (Å²) in [6.45, 7) is 2.67. The zero-order valence-electron chi connectivity index (χ0n) is 5.42. The summed E-state index contributed by atoms with van der Waals surface area (Å²) in [5, 5.41) is 0. The van der Waals surface area contributed by atoms with E-state index in [4.69, 9.17) is 4.74 Å². The molecule has 0 aliphatic heterocycles. The van der Waals surface area contributed by atoms with Gasteiger partial charge in [0.1, 0.15) is 5.75 Å². The van der Waals surface area contributed by atoms with Crippen molar-refractivity contribution in [2.45, 2.75) is 6.92 Å². The average molecular weight is 161 g/mol. The molecule has 0 aliphatic rings. The van der Waals surface area contributed by atoms with Crippen LogP contribution >= 0.6 is 0 Å². The molecule has 0 saturated heterocycles. The zero-order chi connectivity index (χ0) is 6.53. The molecule has 1 rings (SSSR count). The predicted molar refractivity (Wildman–Crippen MR) is 43.6 cm³/mol. The van der Waals surface area contributed by atoms with Crippen molar-refractivity contribution in [1.82, 2.24) is 0 Å². The Morgan fingerprint density at radius 1 is 1.50 bits per heavy atom. The molecule has 10 heavy (non-hydrogen) atoms. The molecule has 0 unspecified atom stereocenters. The fraction of sp³-hybridized carbons (Fsp3) is 0.250. The van der Waals surface area contributed by atoms with Crippen LogP contribution in [0.5, 0.6) is 5.75 Å². The Kier molecular flexibility index (Phi) is 6.79. The van der Waals surface area contributed by atoms with Crippen LogP contribution in [0, 0.1) is 6.07 Å². The fourth-order valence-corrected chi connectivity index (χ4v) is 0.622. The maximum absolute atomic E-state index is 5.15. The van der Waals surface area contributed by atoms with Crippen molar-refractivity contribution < 1.29 is 4.74 Å². The Bertz CT molecular complexity index is 162. The summed E-state index contributed by atoms with van der Waals surface area (Å²) in [5.74, 6) is 0.819. The molecule has 1 aromatic carbocycles. The molecule has 1 aromatic rings. The fourth-order valence-electron chi connectivity index (χ4n) is 0.622. The van der Waals surface area contributed by atoms with Gasteiger partial charge in [0.05, 0.1) is 6.61 Å². The Hall–Kier alpha value is 0.656. The van der Waals surface area contributed by atoms with E-state index in [1.54, 1.807) is 0 Å². The van der Waals surface area contributed by atoms with Gasteiger partial charge in [0, 0.05) is 6.07 Å². The van der Waals surface area contributed by atoms with Crippen LogP contribution in [-0.4, -0.2) is 58.0 Å². The Labute approximate surface area is 104 Å². The summed E-state index contributed by atoms with van der Waals surface area (Å²) in [7, 11) is 0. The molecule has 0 fully saturated rings. The third-order valence-corrected chi connectivity index (χ3v) is 0.980. The SMILES string of the molecule is CCOc1[c]cccc1.[KH]. The Morgan fingerprint density at radius 2 is 2.30 bits per heavy atom. The summed E-state index contributed by atoms with van der Waals surface area (Å²) < 4.78 is 5.15. The van der Waals surface area contributed by atoms with Gasteiger partial charge in [-0.2, -0.15) is 0 Å². The van der Waals surface area contributed by atoms with Crippen molar-refractivity contribution >= 4 is 51.4 Å². The van der Waals surface area contributed by atoms with Gasteiger partial charge >= 0.3 is 51.4 Å². The normalized spacial score (nSPS) is 8.10. The molecule has 1 nitrogen and oxygen atoms in total. The van der Waals surface area contributed by atoms with Crippen LogP contribution < -0.4 is 4.74 Å². The maximum atomic E-state index is 5.15. The number of hydrogen-bond donors (Lipinski definition) is 0. The van der Waals surface area contributed by atoms with E-state index in [2.05, 4.69) is 6.07 Å². The molecular weight excluding hydrogens is 151 g/mol. The zero-order valence-corrected chi connectivity index (χ0v) is 5.42. The predicted octanol–water partition coefficient (Wildman–Crippen LogP) is 1.24. The minimum atomic E-state index is 0. The van der Waals surface area contributed by atoms with Crippen molar-refractivity contribution in [3.63, 3.8) is 0 Å². The molecule has 0 N–H and O–H groups in total. The molecule has 0 bridgehead atoms. The minimum absolute atomic E-state index is 0. The van der Waals surface area contributed by atoms with Gasteiger partial charge in [0.15, 0.2) is 0 Å². The van der Waals surface area contributed by atoms with Crippen LogP contribution in [-0.2, 0) is 0 Å². The molecule has 0 amide bonds. The summed E-state index contributed by atoms with van der Waals surface area (Å²) in [4.78, 5) is 0. The molecule has 49 valence electrons. The van der Waals surface area contributed by atoms with E-state index in [1.165, 1.54) is 0 Å². The first-order valence-corrected chi connectivity index (χ1v) is 3.03. The van der Waals surface area contributed by atoms with Crippen molar-refractivity contribution in [2.24, 2.45) is 0 Å². The second-order valence-electron chi connectivity index (χ2n) is 1.66. The summed E-state index contributed by atoms with van der Waals surface area (Å²) in [6.07, 6.45) is 0. The molecule has 0 saturated carbocycles. The van der Waals surface area contributed by atoms with Crippen molar-refractivity contribution in [3.05, 3.63) is 30.3 Å². The first kappa shape index (κ1) is 10.7. The van der Waals surface area contributed by atoms with Gasteiger partial charge < -0.3 is 4.74 Å². The molecule has 0 aromatic heterocycles. The molecule has 1 radical (unpaired) electrons. The van der Waals surface area contributed by atoms with E-state index in [9.17, 15) is 0 Å². The summed E-state index contributed by atoms with van der Waals surface area (Å²) in [6, 6.07) is 10.5. The van der Waals surface area contributed by atoms with E-state index in [1.807, 2.05) is 31.2 Å². The van der Waals surface area contributed by atoms with Gasteiger partial charge in [0.2, 0.25) is 0 Å². The second-order valence-corrected chi connectivity index (χ2v) is 1.66. The molecular formula is C8H10KO. The molecule has 0 atom stereocenters. The molecule has 0 aliphatic carbocycles. The van der Waals surface area contributed by atoms with E-state index >= 15 is 0 Å². The molecule has 0 heterocycles. The van der Waals surface area contributed by atoms with Gasteiger partial charge in [-0.05, 0) is 13.0 Å². The number of para-hydroxylation sites is 1. The van der Waals surface area contributed by atoms with E-state index in [-0.39, 0.29) is 51.4 Å². The van der Waals surface area contributed by atoms with Crippen molar-refractivity contribution in [1.29, 1.82) is 0 Å². The van der Waals surface area contributed by atoms with Crippen molar-refractivity contribution in [3.8, 4) is 5.75 Å². The van der Waals surface area contributed by atoms with Crippen LogP contribution in [0.25, 0.3) is 0 Å². The van der Waals surface area contributed by atoms with Gasteiger partial charge in [-0.15, -0.1) is 0 Å².